The van der Waals surface area contributed by atoms with Gasteiger partial charge >= 0.3 is 6.18 Å². The molecule has 0 aliphatic heterocycles. The molecule has 5 rings (SSSR count). The number of nitrogens with zero attached hydrogens (tertiary/aromatic N) is 1. The number of anilines is 1. The number of hydrogen-bond acceptors (Lipinski definition) is 2. The zero-order valence-corrected chi connectivity index (χ0v) is 22.1. The molecule has 0 aliphatic rings. The van der Waals surface area contributed by atoms with Gasteiger partial charge in [-0.2, -0.15) is 13.2 Å². The molecule has 0 aliphatic carbocycles. The highest BCUT2D eigenvalue weighted by Gasteiger charge is 2.30. The molecule has 4 aromatic carbocycles. The van der Waals surface area contributed by atoms with Crippen molar-refractivity contribution in [2.45, 2.75) is 19.6 Å². The molecule has 1 heterocycles. The molecular weight excluding hydrogens is 527 g/mol. The average Bonchev–Trinajstić information content (AvgIpc) is 3.41. The topological polar surface area (TPSA) is 63.1 Å². The van der Waals surface area contributed by atoms with Gasteiger partial charge in [-0.05, 0) is 84.3 Å². The molecule has 0 bridgehead atoms. The molecule has 0 fully saturated rings. The molecule has 2 N–H and O–H groups in total. The lowest BCUT2D eigenvalue weighted by atomic mass is 9.98. The van der Waals surface area contributed by atoms with Crippen molar-refractivity contribution in [2.75, 3.05) is 5.32 Å². The molecule has 0 saturated heterocycles. The first-order chi connectivity index (χ1) is 19.7. The summed E-state index contributed by atoms with van der Waals surface area (Å²) in [5, 5.41) is 5.70. The van der Waals surface area contributed by atoms with Gasteiger partial charge in [0.25, 0.3) is 11.8 Å². The smallest absolute Gasteiger partial charge is 0.348 e. The highest BCUT2D eigenvalue weighted by Crippen LogP contribution is 2.32. The van der Waals surface area contributed by atoms with E-state index < -0.39 is 17.6 Å². The second-order valence-corrected chi connectivity index (χ2v) is 9.52. The zero-order chi connectivity index (χ0) is 29.0. The number of alkyl halides is 3. The lowest BCUT2D eigenvalue weighted by Crippen LogP contribution is -2.23. The van der Waals surface area contributed by atoms with E-state index in [1.807, 2.05) is 49.5 Å². The molecule has 0 radical (unpaired) electrons. The summed E-state index contributed by atoms with van der Waals surface area (Å²) in [5.41, 5.74) is 4.39. The Labute approximate surface area is 235 Å². The van der Waals surface area contributed by atoms with Crippen LogP contribution in [0.1, 0.15) is 37.5 Å². The maximum atomic E-state index is 13.2. The van der Waals surface area contributed by atoms with E-state index in [1.54, 1.807) is 48.5 Å². The van der Waals surface area contributed by atoms with Crippen molar-refractivity contribution in [3.63, 3.8) is 0 Å². The van der Waals surface area contributed by atoms with Crippen LogP contribution in [0.2, 0.25) is 0 Å². The second-order valence-electron chi connectivity index (χ2n) is 9.52. The second kappa shape index (κ2) is 11.6. The van der Waals surface area contributed by atoms with Gasteiger partial charge in [-0.25, -0.2) is 0 Å². The van der Waals surface area contributed by atoms with Gasteiger partial charge in [0.1, 0.15) is 0 Å². The van der Waals surface area contributed by atoms with Crippen LogP contribution in [0.3, 0.4) is 0 Å². The molecule has 2 amide bonds. The van der Waals surface area contributed by atoms with Crippen molar-refractivity contribution in [3.05, 3.63) is 143 Å². The van der Waals surface area contributed by atoms with E-state index >= 15 is 0 Å². The maximum Gasteiger partial charge on any atom is 0.416 e. The lowest BCUT2D eigenvalue weighted by Gasteiger charge is -2.13. The van der Waals surface area contributed by atoms with E-state index in [0.29, 0.717) is 34.5 Å². The number of rotatable bonds is 7. The summed E-state index contributed by atoms with van der Waals surface area (Å²) >= 11 is 0. The van der Waals surface area contributed by atoms with Crippen LogP contribution in [-0.4, -0.2) is 16.4 Å². The molecule has 5 nitrogen and oxygen atoms in total. The monoisotopic (exact) mass is 553 g/mol. The van der Waals surface area contributed by atoms with Crippen LogP contribution < -0.4 is 10.6 Å². The minimum atomic E-state index is -4.44. The summed E-state index contributed by atoms with van der Waals surface area (Å²) in [6.07, 6.45) is -2.45. The van der Waals surface area contributed by atoms with Gasteiger partial charge < -0.3 is 15.2 Å². The largest absolute Gasteiger partial charge is 0.416 e. The Hall–Kier alpha value is -5.11. The van der Waals surface area contributed by atoms with Crippen LogP contribution in [0.4, 0.5) is 18.9 Å². The third-order valence-electron chi connectivity index (χ3n) is 6.70. The third-order valence-corrected chi connectivity index (χ3v) is 6.70. The first kappa shape index (κ1) is 27.5. The molecule has 0 atom stereocenters. The zero-order valence-electron chi connectivity index (χ0n) is 22.1. The third kappa shape index (κ3) is 6.38. The summed E-state index contributed by atoms with van der Waals surface area (Å²) in [4.78, 5) is 26.0. The molecule has 0 saturated carbocycles. The van der Waals surface area contributed by atoms with Crippen molar-refractivity contribution >= 4 is 17.5 Å². The number of benzene rings is 4. The molecule has 1 aromatic heterocycles. The number of hydrogen-bond donors (Lipinski definition) is 2. The van der Waals surface area contributed by atoms with E-state index in [1.165, 1.54) is 12.1 Å². The van der Waals surface area contributed by atoms with Gasteiger partial charge in [0.15, 0.2) is 0 Å². The minimum absolute atomic E-state index is 0.292. The van der Waals surface area contributed by atoms with Crippen LogP contribution in [0.15, 0.2) is 115 Å². The van der Waals surface area contributed by atoms with E-state index in [2.05, 4.69) is 15.2 Å². The highest BCUT2D eigenvalue weighted by molar-refractivity contribution is 6.09. The molecule has 206 valence electrons. The Morgan fingerprint density at radius 2 is 1.51 bits per heavy atom. The minimum Gasteiger partial charge on any atom is -0.348 e. The van der Waals surface area contributed by atoms with Crippen molar-refractivity contribution in [3.8, 4) is 16.8 Å². The summed E-state index contributed by atoms with van der Waals surface area (Å²) in [7, 11) is 0. The van der Waals surface area contributed by atoms with Crippen molar-refractivity contribution < 1.29 is 22.8 Å². The van der Waals surface area contributed by atoms with Crippen molar-refractivity contribution in [1.29, 1.82) is 0 Å². The fourth-order valence-corrected chi connectivity index (χ4v) is 4.52. The standard InChI is InChI=1S/C33H26F3N3O2/c1-22-6-5-19-39(22)28-17-11-23(12-18-28)21-37-31(40)25-7-4-8-27(20-25)38-32(41)30-10-3-2-9-29(30)24-13-15-26(16-14-24)33(34,35)36/h2-20H,21H2,1H3,(H,37,40)(H,38,41). The molecule has 5 aromatic rings. The van der Waals surface area contributed by atoms with E-state index in [4.69, 9.17) is 0 Å². The van der Waals surface area contributed by atoms with Crippen molar-refractivity contribution in [1.82, 2.24) is 9.88 Å². The van der Waals surface area contributed by atoms with E-state index in [0.717, 1.165) is 29.1 Å². The fourth-order valence-electron chi connectivity index (χ4n) is 4.52. The van der Waals surface area contributed by atoms with Gasteiger partial charge in [0.2, 0.25) is 0 Å². The Kier molecular flexibility index (Phi) is 7.74. The molecule has 8 heteroatoms. The van der Waals surface area contributed by atoms with Crippen LogP contribution in [0, 0.1) is 6.92 Å². The highest BCUT2D eigenvalue weighted by atomic mass is 19.4. The van der Waals surface area contributed by atoms with Gasteiger partial charge in [0.05, 0.1) is 5.56 Å². The quantitative estimate of drug-likeness (QED) is 0.217. The molecular formula is C33H26F3N3O2. The number of nitrogens with one attached hydrogen (secondary N) is 2. The van der Waals surface area contributed by atoms with Crippen LogP contribution in [0.25, 0.3) is 16.8 Å². The van der Waals surface area contributed by atoms with E-state index in [-0.39, 0.29) is 5.91 Å². The van der Waals surface area contributed by atoms with Gasteiger partial charge in [-0.1, -0.05) is 48.5 Å². The fraction of sp³-hybridized carbons (Fsp3) is 0.0909. The van der Waals surface area contributed by atoms with Crippen LogP contribution in [-0.2, 0) is 12.7 Å². The summed E-state index contributed by atoms with van der Waals surface area (Å²) in [5.74, 6) is -0.743. The number of carbonyl (C=O) groups excluding carboxylic acids is 2. The Balaban J connectivity index is 1.25. The number of carbonyl (C=O) groups is 2. The number of aromatic nitrogens is 1. The average molecular weight is 554 g/mol. The number of halogens is 3. The summed E-state index contributed by atoms with van der Waals surface area (Å²) in [6, 6.07) is 29.8. The normalized spacial score (nSPS) is 11.2. The Bertz CT molecular complexity index is 1690. The first-order valence-electron chi connectivity index (χ1n) is 12.9. The summed E-state index contributed by atoms with van der Waals surface area (Å²) in [6.45, 7) is 2.36. The predicted molar refractivity (Wildman–Crippen MR) is 153 cm³/mol. The van der Waals surface area contributed by atoms with Crippen LogP contribution >= 0.6 is 0 Å². The lowest BCUT2D eigenvalue weighted by molar-refractivity contribution is -0.137. The van der Waals surface area contributed by atoms with Crippen LogP contribution in [0.5, 0.6) is 0 Å². The van der Waals surface area contributed by atoms with Gasteiger partial charge in [-0.15, -0.1) is 0 Å². The Morgan fingerprint density at radius 1 is 0.780 bits per heavy atom. The predicted octanol–water partition coefficient (Wildman–Crippen LogP) is 7.65. The first-order valence-corrected chi connectivity index (χ1v) is 12.9. The van der Waals surface area contributed by atoms with Gasteiger partial charge in [0, 0.05) is 40.9 Å². The van der Waals surface area contributed by atoms with E-state index in [9.17, 15) is 22.8 Å². The Morgan fingerprint density at radius 3 is 2.20 bits per heavy atom. The van der Waals surface area contributed by atoms with Crippen molar-refractivity contribution in [2.24, 2.45) is 0 Å². The van der Waals surface area contributed by atoms with Gasteiger partial charge in [-0.3, -0.25) is 9.59 Å². The summed E-state index contributed by atoms with van der Waals surface area (Å²) < 4.78 is 41.0. The molecule has 0 unspecified atom stereocenters. The molecule has 0 spiro atoms. The number of aryl methyl sites for hydroxylation is 1. The SMILES string of the molecule is Cc1cccn1-c1ccc(CNC(=O)c2cccc(NC(=O)c3ccccc3-c3ccc(C(F)(F)F)cc3)c2)cc1. The molecule has 41 heavy (non-hydrogen) atoms. The maximum absolute atomic E-state index is 13.2. The number of amides is 2.